The van der Waals surface area contributed by atoms with E-state index in [-0.39, 0.29) is 11.4 Å². The number of ketones is 1. The maximum atomic E-state index is 12.9. The van der Waals surface area contributed by atoms with E-state index < -0.39 is 0 Å². The van der Waals surface area contributed by atoms with Crippen LogP contribution in [-0.2, 0) is 6.54 Å². The molecule has 140 valence electrons. The summed E-state index contributed by atoms with van der Waals surface area (Å²) in [6.07, 6.45) is 3.35. The lowest BCUT2D eigenvalue weighted by molar-refractivity contribution is 0.103. The molecule has 1 heterocycles. The lowest BCUT2D eigenvalue weighted by atomic mass is 10.0. The van der Waals surface area contributed by atoms with Gasteiger partial charge in [0.1, 0.15) is 11.6 Å². The Morgan fingerprint density at radius 1 is 1.30 bits per heavy atom. The number of hydrogen-bond acceptors (Lipinski definition) is 4. The molecule has 0 aliphatic heterocycles. The molecule has 27 heavy (non-hydrogen) atoms. The molecule has 0 radical (unpaired) electrons. The average molecular weight is 364 g/mol. The molecule has 0 aliphatic rings. The van der Waals surface area contributed by atoms with Crippen LogP contribution >= 0.6 is 0 Å². The fourth-order valence-corrected chi connectivity index (χ4v) is 2.95. The quantitative estimate of drug-likeness (QED) is 0.300. The van der Waals surface area contributed by atoms with E-state index in [2.05, 4.69) is 6.58 Å². The summed E-state index contributed by atoms with van der Waals surface area (Å²) in [5, 5.41) is 9.54. The number of nitrogens with zero attached hydrogens (tertiary/aromatic N) is 2. The molecule has 0 bridgehead atoms. The van der Waals surface area contributed by atoms with Crippen LogP contribution in [0, 0.1) is 25.2 Å². The zero-order valence-electron chi connectivity index (χ0n) is 16.2. The smallest absolute Gasteiger partial charge is 0.205 e. The zero-order valence-corrected chi connectivity index (χ0v) is 16.2. The fourth-order valence-electron chi connectivity index (χ4n) is 2.95. The number of allylic oxidation sites excluding steroid dienone is 2. The van der Waals surface area contributed by atoms with E-state index in [9.17, 15) is 10.1 Å². The van der Waals surface area contributed by atoms with Gasteiger partial charge >= 0.3 is 0 Å². The first-order valence-corrected chi connectivity index (χ1v) is 8.71. The van der Waals surface area contributed by atoms with Gasteiger partial charge in [-0.25, -0.2) is 0 Å². The van der Waals surface area contributed by atoms with Crippen molar-refractivity contribution in [3.05, 3.63) is 65.0 Å². The predicted octanol–water partition coefficient (Wildman–Crippen LogP) is 4.49. The summed E-state index contributed by atoms with van der Waals surface area (Å²) >= 11 is 0. The van der Waals surface area contributed by atoms with Crippen molar-refractivity contribution in [2.24, 2.45) is 0 Å². The minimum absolute atomic E-state index is 0.0708. The number of rotatable bonds is 8. The number of methoxy groups -OCH3 is 1. The Bertz CT molecular complexity index is 930. The van der Waals surface area contributed by atoms with E-state index in [1.807, 2.05) is 37.5 Å². The molecule has 1 aromatic carbocycles. The highest BCUT2D eigenvalue weighted by Gasteiger charge is 2.19. The van der Waals surface area contributed by atoms with E-state index in [0.29, 0.717) is 35.8 Å². The van der Waals surface area contributed by atoms with Crippen LogP contribution in [-0.4, -0.2) is 24.1 Å². The molecule has 0 spiro atoms. The Labute approximate surface area is 160 Å². The monoisotopic (exact) mass is 364 g/mol. The average Bonchev–Trinajstić information content (AvgIpc) is 2.94. The van der Waals surface area contributed by atoms with Crippen molar-refractivity contribution in [1.82, 2.24) is 4.57 Å². The highest BCUT2D eigenvalue weighted by molar-refractivity contribution is 6.14. The molecular weight excluding hydrogens is 340 g/mol. The normalized spacial score (nSPS) is 11.0. The minimum atomic E-state index is -0.297. The first-order valence-electron chi connectivity index (χ1n) is 8.71. The Morgan fingerprint density at radius 2 is 2.04 bits per heavy atom. The lowest BCUT2D eigenvalue weighted by Gasteiger charge is -2.10. The van der Waals surface area contributed by atoms with Gasteiger partial charge in [-0.15, -0.1) is 6.58 Å². The molecule has 5 nitrogen and oxygen atoms in total. The zero-order chi connectivity index (χ0) is 20.0. The van der Waals surface area contributed by atoms with Gasteiger partial charge in [-0.3, -0.25) is 4.79 Å². The van der Waals surface area contributed by atoms with Crippen molar-refractivity contribution in [1.29, 1.82) is 5.26 Å². The van der Waals surface area contributed by atoms with Gasteiger partial charge in [-0.2, -0.15) is 5.26 Å². The van der Waals surface area contributed by atoms with Crippen LogP contribution < -0.4 is 9.47 Å². The highest BCUT2D eigenvalue weighted by Crippen LogP contribution is 2.29. The molecule has 2 aromatic rings. The Hall–Kier alpha value is -3.26. The summed E-state index contributed by atoms with van der Waals surface area (Å²) in [7, 11) is 1.57. The van der Waals surface area contributed by atoms with Crippen LogP contribution in [0.3, 0.4) is 0 Å². The predicted molar refractivity (Wildman–Crippen MR) is 106 cm³/mol. The molecule has 0 atom stereocenters. The number of carbonyl (C=O) groups is 1. The number of benzene rings is 1. The summed E-state index contributed by atoms with van der Waals surface area (Å²) in [4.78, 5) is 12.9. The standard InChI is InChI=1S/C22H24N2O3/c1-6-10-24-15(3)11-19(16(24)4)22(25)18(14-23)12-17-8-9-20(26-5)21(13-17)27-7-2/h6,8-9,11-13H,1,7,10H2,2-5H3/b18-12+. The van der Waals surface area contributed by atoms with Crippen LogP contribution in [0.5, 0.6) is 11.5 Å². The Balaban J connectivity index is 2.43. The van der Waals surface area contributed by atoms with Crippen molar-refractivity contribution in [2.45, 2.75) is 27.3 Å². The van der Waals surface area contributed by atoms with Gasteiger partial charge in [-0.05, 0) is 50.6 Å². The molecule has 0 saturated carbocycles. The maximum absolute atomic E-state index is 12.9. The molecule has 0 fully saturated rings. The number of nitriles is 1. The van der Waals surface area contributed by atoms with Crippen molar-refractivity contribution >= 4 is 11.9 Å². The Kier molecular flexibility index (Phi) is 6.62. The SMILES string of the molecule is C=CCn1c(C)cc(C(=O)/C(C#N)=C/c2ccc(OC)c(OCC)c2)c1C. The van der Waals surface area contributed by atoms with Gasteiger partial charge in [0, 0.05) is 23.5 Å². The van der Waals surface area contributed by atoms with Crippen LogP contribution in [0.2, 0.25) is 0 Å². The molecule has 2 rings (SSSR count). The van der Waals surface area contributed by atoms with Gasteiger partial charge in [0.05, 0.1) is 13.7 Å². The Morgan fingerprint density at radius 3 is 2.63 bits per heavy atom. The van der Waals surface area contributed by atoms with Gasteiger partial charge in [0.15, 0.2) is 11.5 Å². The molecule has 5 heteroatoms. The third-order valence-electron chi connectivity index (χ3n) is 4.29. The number of aromatic nitrogens is 1. The second-order valence-electron chi connectivity index (χ2n) is 6.03. The van der Waals surface area contributed by atoms with Crippen molar-refractivity contribution in [2.75, 3.05) is 13.7 Å². The molecule has 1 aromatic heterocycles. The first kappa shape index (κ1) is 20.1. The van der Waals surface area contributed by atoms with Crippen LogP contribution in [0.1, 0.15) is 34.2 Å². The summed E-state index contributed by atoms with van der Waals surface area (Å²) in [5.41, 5.74) is 3.07. The molecule has 0 aliphatic carbocycles. The van der Waals surface area contributed by atoms with Crippen molar-refractivity contribution < 1.29 is 14.3 Å². The first-order chi connectivity index (χ1) is 13.0. The number of hydrogen-bond donors (Lipinski definition) is 0. The fraction of sp³-hybridized carbons (Fsp3) is 0.273. The van der Waals surface area contributed by atoms with Gasteiger partial charge in [0.25, 0.3) is 0 Å². The van der Waals surface area contributed by atoms with E-state index in [0.717, 1.165) is 11.4 Å². The topological polar surface area (TPSA) is 64.2 Å². The summed E-state index contributed by atoms with van der Waals surface area (Å²) in [6.45, 7) is 10.5. The van der Waals surface area contributed by atoms with E-state index in [1.165, 1.54) is 0 Å². The maximum Gasteiger partial charge on any atom is 0.205 e. The number of aryl methyl sites for hydroxylation is 1. The number of Topliss-reactive ketones (excluding diaryl/α,β-unsaturated/α-hetero) is 1. The van der Waals surface area contributed by atoms with E-state index >= 15 is 0 Å². The molecule has 0 N–H and O–H groups in total. The second kappa shape index (κ2) is 8.91. The van der Waals surface area contributed by atoms with Gasteiger partial charge in [0.2, 0.25) is 5.78 Å². The second-order valence-corrected chi connectivity index (χ2v) is 6.03. The van der Waals surface area contributed by atoms with E-state index in [1.54, 1.807) is 37.5 Å². The van der Waals surface area contributed by atoms with Crippen LogP contribution in [0.4, 0.5) is 0 Å². The van der Waals surface area contributed by atoms with Crippen LogP contribution in [0.25, 0.3) is 6.08 Å². The highest BCUT2D eigenvalue weighted by atomic mass is 16.5. The molecule has 0 unspecified atom stereocenters. The van der Waals surface area contributed by atoms with Crippen LogP contribution in [0.15, 0.2) is 42.5 Å². The summed E-state index contributed by atoms with van der Waals surface area (Å²) in [5.74, 6) is 0.879. The lowest BCUT2D eigenvalue weighted by Crippen LogP contribution is -2.06. The van der Waals surface area contributed by atoms with Gasteiger partial charge in [-0.1, -0.05) is 12.1 Å². The third kappa shape index (κ3) is 4.29. The van der Waals surface area contributed by atoms with E-state index in [4.69, 9.17) is 9.47 Å². The summed E-state index contributed by atoms with van der Waals surface area (Å²) in [6, 6.07) is 9.14. The third-order valence-corrected chi connectivity index (χ3v) is 4.29. The molecular formula is C22H24N2O3. The largest absolute Gasteiger partial charge is 0.493 e. The van der Waals surface area contributed by atoms with Gasteiger partial charge < -0.3 is 14.0 Å². The molecule has 0 saturated heterocycles. The number of ether oxygens (including phenoxy) is 2. The minimum Gasteiger partial charge on any atom is -0.493 e. The van der Waals surface area contributed by atoms with Crippen molar-refractivity contribution in [3.63, 3.8) is 0 Å². The van der Waals surface area contributed by atoms with Crippen molar-refractivity contribution in [3.8, 4) is 17.6 Å². The number of carbonyl (C=O) groups excluding carboxylic acids is 1. The summed E-state index contributed by atoms with van der Waals surface area (Å²) < 4.78 is 12.8. The molecule has 0 amide bonds.